The maximum atomic E-state index is 11.2. The number of hydrogen-bond donors (Lipinski definition) is 3. The fraction of sp³-hybridized carbons (Fsp3) is 0.611. The van der Waals surface area contributed by atoms with Gasteiger partial charge in [-0.3, -0.25) is 4.90 Å². The fourth-order valence-corrected chi connectivity index (χ4v) is 2.24. The zero-order valence-corrected chi connectivity index (χ0v) is 15.6. The largest absolute Gasteiger partial charge is 0.496 e. The van der Waals surface area contributed by atoms with Crippen LogP contribution in [0.3, 0.4) is 0 Å². The summed E-state index contributed by atoms with van der Waals surface area (Å²) in [4.78, 5) is 13.3. The number of aliphatic hydroxyl groups is 1. The molecule has 24 heavy (non-hydrogen) atoms. The van der Waals surface area contributed by atoms with Crippen molar-refractivity contribution in [3.05, 3.63) is 29.8 Å². The zero-order valence-electron chi connectivity index (χ0n) is 15.6. The minimum Gasteiger partial charge on any atom is -0.496 e. The predicted molar refractivity (Wildman–Crippen MR) is 98.5 cm³/mol. The van der Waals surface area contributed by atoms with Crippen LogP contribution >= 0.6 is 0 Å². The highest BCUT2D eigenvalue weighted by molar-refractivity contribution is 5.73. The molecule has 3 N–H and O–H groups in total. The number of carbonyl (C=O) groups excluding carboxylic acids is 1. The number of methoxy groups -OCH3 is 1. The Morgan fingerprint density at radius 1 is 1.29 bits per heavy atom. The molecule has 1 atom stereocenters. The van der Waals surface area contributed by atoms with Gasteiger partial charge in [0.05, 0.1) is 13.7 Å². The molecule has 0 bridgehead atoms. The molecule has 6 heteroatoms. The van der Waals surface area contributed by atoms with Crippen LogP contribution in [0.5, 0.6) is 5.75 Å². The standard InChI is InChI=1S/C15H25N3O3.C3H8/c1-12(13-6-4-5-7-14(13)21-3)18(10-11-19)9-8-17-15(20)16-2;1-3-2/h4-7,12,19H,8-11H2,1-3H3,(H2,16,17,20);3H2,1-2H3/t12-;/m0./s1. The van der Waals surface area contributed by atoms with E-state index in [-0.39, 0.29) is 18.7 Å². The van der Waals surface area contributed by atoms with Crippen LogP contribution in [0, 0.1) is 0 Å². The average molecular weight is 339 g/mol. The molecule has 0 aliphatic heterocycles. The van der Waals surface area contributed by atoms with E-state index >= 15 is 0 Å². The van der Waals surface area contributed by atoms with Crippen molar-refractivity contribution in [2.75, 3.05) is 40.4 Å². The van der Waals surface area contributed by atoms with E-state index in [1.165, 1.54) is 6.42 Å². The van der Waals surface area contributed by atoms with E-state index in [0.29, 0.717) is 19.6 Å². The first-order valence-electron chi connectivity index (χ1n) is 8.48. The maximum absolute atomic E-state index is 11.2. The molecule has 1 aromatic rings. The number of ether oxygens (including phenoxy) is 1. The molecular weight excluding hydrogens is 306 g/mol. The molecule has 6 nitrogen and oxygen atoms in total. The van der Waals surface area contributed by atoms with Crippen LogP contribution < -0.4 is 15.4 Å². The molecule has 0 unspecified atom stereocenters. The summed E-state index contributed by atoms with van der Waals surface area (Å²) < 4.78 is 5.39. The minimum absolute atomic E-state index is 0.0689. The highest BCUT2D eigenvalue weighted by atomic mass is 16.5. The van der Waals surface area contributed by atoms with Crippen molar-refractivity contribution in [3.8, 4) is 5.75 Å². The summed E-state index contributed by atoms with van der Waals surface area (Å²) in [5.74, 6) is 0.826. The summed E-state index contributed by atoms with van der Waals surface area (Å²) in [5, 5.41) is 14.5. The van der Waals surface area contributed by atoms with Gasteiger partial charge in [-0.25, -0.2) is 4.79 Å². The van der Waals surface area contributed by atoms with Crippen LogP contribution in [0.2, 0.25) is 0 Å². The van der Waals surface area contributed by atoms with Gasteiger partial charge in [-0.1, -0.05) is 38.5 Å². The Morgan fingerprint density at radius 2 is 1.92 bits per heavy atom. The van der Waals surface area contributed by atoms with E-state index in [2.05, 4.69) is 36.3 Å². The van der Waals surface area contributed by atoms with Gasteiger partial charge >= 0.3 is 6.03 Å². The first-order valence-corrected chi connectivity index (χ1v) is 8.48. The van der Waals surface area contributed by atoms with Crippen LogP contribution in [0.25, 0.3) is 0 Å². The van der Waals surface area contributed by atoms with Crippen molar-refractivity contribution in [1.82, 2.24) is 15.5 Å². The lowest BCUT2D eigenvalue weighted by molar-refractivity contribution is 0.157. The Hall–Kier alpha value is -1.79. The van der Waals surface area contributed by atoms with Gasteiger partial charge in [0, 0.05) is 38.3 Å². The van der Waals surface area contributed by atoms with Gasteiger partial charge < -0.3 is 20.5 Å². The Morgan fingerprint density at radius 3 is 2.46 bits per heavy atom. The highest BCUT2D eigenvalue weighted by Gasteiger charge is 2.18. The summed E-state index contributed by atoms with van der Waals surface area (Å²) in [6.07, 6.45) is 1.25. The third kappa shape index (κ3) is 8.17. The van der Waals surface area contributed by atoms with Gasteiger partial charge in [0.15, 0.2) is 0 Å². The summed E-state index contributed by atoms with van der Waals surface area (Å²) in [6, 6.07) is 7.71. The third-order valence-corrected chi connectivity index (χ3v) is 3.44. The first-order chi connectivity index (χ1) is 11.5. The van der Waals surface area contributed by atoms with Gasteiger partial charge in [-0.2, -0.15) is 0 Å². The molecule has 0 radical (unpaired) electrons. The maximum Gasteiger partial charge on any atom is 0.314 e. The van der Waals surface area contributed by atoms with E-state index in [0.717, 1.165) is 11.3 Å². The molecule has 0 aliphatic carbocycles. The van der Waals surface area contributed by atoms with Crippen molar-refractivity contribution in [1.29, 1.82) is 0 Å². The molecule has 2 amide bonds. The Kier molecular flexibility index (Phi) is 12.6. The predicted octanol–water partition coefficient (Wildman–Crippen LogP) is 2.40. The normalized spacial score (nSPS) is 11.3. The van der Waals surface area contributed by atoms with Crippen molar-refractivity contribution in [3.63, 3.8) is 0 Å². The van der Waals surface area contributed by atoms with Crippen LogP contribution in [0.1, 0.15) is 38.8 Å². The zero-order chi connectivity index (χ0) is 18.4. The molecular formula is C18H33N3O3. The van der Waals surface area contributed by atoms with Crippen LogP contribution in [-0.4, -0.2) is 56.4 Å². The molecule has 0 fully saturated rings. The lowest BCUT2D eigenvalue weighted by Gasteiger charge is -2.29. The second kappa shape index (κ2) is 13.6. The van der Waals surface area contributed by atoms with Gasteiger partial charge in [0.25, 0.3) is 0 Å². The lowest BCUT2D eigenvalue weighted by atomic mass is 10.1. The van der Waals surface area contributed by atoms with Crippen molar-refractivity contribution >= 4 is 6.03 Å². The monoisotopic (exact) mass is 339 g/mol. The summed E-state index contributed by atoms with van der Waals surface area (Å²) >= 11 is 0. The van der Waals surface area contributed by atoms with Crippen LogP contribution in [-0.2, 0) is 0 Å². The van der Waals surface area contributed by atoms with E-state index in [4.69, 9.17) is 4.74 Å². The number of nitrogens with zero attached hydrogens (tertiary/aromatic N) is 1. The number of benzene rings is 1. The summed E-state index contributed by atoms with van der Waals surface area (Å²) in [7, 11) is 3.23. The molecule has 0 saturated carbocycles. The molecule has 0 saturated heterocycles. The molecule has 0 aliphatic rings. The Labute approximate surface area is 146 Å². The van der Waals surface area contributed by atoms with E-state index < -0.39 is 0 Å². The molecule has 0 heterocycles. The first kappa shape index (κ1) is 22.2. The van der Waals surface area contributed by atoms with Gasteiger partial charge in [0.2, 0.25) is 0 Å². The number of para-hydroxylation sites is 1. The smallest absolute Gasteiger partial charge is 0.314 e. The summed E-state index contributed by atoms with van der Waals surface area (Å²) in [6.45, 7) is 8.08. The Balaban J connectivity index is 0.00000163. The number of hydrogen-bond acceptors (Lipinski definition) is 4. The number of carbonyl (C=O) groups is 1. The highest BCUT2D eigenvalue weighted by Crippen LogP contribution is 2.28. The SMILES string of the molecule is CCC.CNC(=O)NCCN(CCO)[C@@H](C)c1ccccc1OC. The molecule has 0 spiro atoms. The number of urea groups is 1. The van der Waals surface area contributed by atoms with E-state index in [1.807, 2.05) is 24.3 Å². The fourth-order valence-electron chi connectivity index (χ4n) is 2.24. The molecule has 1 rings (SSSR count). The van der Waals surface area contributed by atoms with Gasteiger partial charge in [-0.05, 0) is 13.0 Å². The van der Waals surface area contributed by atoms with E-state index in [9.17, 15) is 9.90 Å². The second-order valence-corrected chi connectivity index (χ2v) is 5.39. The van der Waals surface area contributed by atoms with Crippen LogP contribution in [0.4, 0.5) is 4.79 Å². The van der Waals surface area contributed by atoms with Crippen molar-refractivity contribution < 1.29 is 14.6 Å². The van der Waals surface area contributed by atoms with Crippen LogP contribution in [0.15, 0.2) is 24.3 Å². The molecule has 138 valence electrons. The van der Waals surface area contributed by atoms with Gasteiger partial charge in [-0.15, -0.1) is 0 Å². The average Bonchev–Trinajstić information content (AvgIpc) is 2.60. The van der Waals surface area contributed by atoms with Crippen molar-refractivity contribution in [2.24, 2.45) is 0 Å². The van der Waals surface area contributed by atoms with Crippen molar-refractivity contribution in [2.45, 2.75) is 33.2 Å². The number of nitrogens with one attached hydrogen (secondary N) is 2. The summed E-state index contributed by atoms with van der Waals surface area (Å²) in [5.41, 5.74) is 1.06. The van der Waals surface area contributed by atoms with E-state index in [1.54, 1.807) is 14.2 Å². The van der Waals surface area contributed by atoms with Gasteiger partial charge in [0.1, 0.15) is 5.75 Å². The topological polar surface area (TPSA) is 73.8 Å². The molecule has 1 aromatic carbocycles. The minimum atomic E-state index is -0.205. The molecule has 0 aromatic heterocycles. The lowest BCUT2D eigenvalue weighted by Crippen LogP contribution is -2.40. The number of amides is 2. The number of aliphatic hydroxyl groups excluding tert-OH is 1. The number of rotatable bonds is 8. The second-order valence-electron chi connectivity index (χ2n) is 5.39. The quantitative estimate of drug-likeness (QED) is 0.680. The third-order valence-electron chi connectivity index (χ3n) is 3.44. The Bertz CT molecular complexity index is 455.